The van der Waals surface area contributed by atoms with Gasteiger partial charge in [0.1, 0.15) is 5.75 Å². The van der Waals surface area contributed by atoms with Gasteiger partial charge in [-0.1, -0.05) is 24.3 Å². The molecular weight excluding hydrogens is 342 g/mol. The van der Waals surface area contributed by atoms with Gasteiger partial charge in [-0.05, 0) is 36.8 Å². The molecule has 1 aliphatic heterocycles. The highest BCUT2D eigenvalue weighted by atomic mass is 16.5. The van der Waals surface area contributed by atoms with Crippen LogP contribution in [0.2, 0.25) is 0 Å². The largest absolute Gasteiger partial charge is 0.478 e. The quantitative estimate of drug-likeness (QED) is 0.768. The number of primary amides is 1. The van der Waals surface area contributed by atoms with Crippen LogP contribution in [-0.4, -0.2) is 34.3 Å². The van der Waals surface area contributed by atoms with Crippen LogP contribution in [0, 0.1) is 6.92 Å². The summed E-state index contributed by atoms with van der Waals surface area (Å²) in [4.78, 5) is 18.1. The Labute approximate surface area is 157 Å². The molecule has 1 aromatic heterocycles. The third-order valence-electron chi connectivity index (χ3n) is 4.53. The molecule has 1 amide bonds. The van der Waals surface area contributed by atoms with Crippen molar-refractivity contribution in [1.82, 2.24) is 14.8 Å². The third-order valence-corrected chi connectivity index (χ3v) is 4.53. The van der Waals surface area contributed by atoms with Crippen molar-refractivity contribution in [3.05, 3.63) is 65.7 Å². The minimum Gasteiger partial charge on any atom is -0.478 e. The van der Waals surface area contributed by atoms with Crippen molar-refractivity contribution in [3.8, 4) is 11.4 Å². The lowest BCUT2D eigenvalue weighted by Crippen LogP contribution is -2.33. The Hall–Kier alpha value is -3.35. The van der Waals surface area contributed by atoms with E-state index in [1.54, 1.807) is 4.68 Å². The number of nitrogens with two attached hydrogens (primary N) is 1. The van der Waals surface area contributed by atoms with E-state index in [1.807, 2.05) is 62.5 Å². The van der Waals surface area contributed by atoms with Crippen molar-refractivity contribution in [1.29, 1.82) is 0 Å². The first-order valence-electron chi connectivity index (χ1n) is 8.79. The number of nitrogens with zero attached hydrogens (tertiary/aromatic N) is 4. The maximum Gasteiger partial charge on any atom is 0.225 e. The Morgan fingerprint density at radius 1 is 1.26 bits per heavy atom. The molecule has 3 aromatic rings. The Morgan fingerprint density at radius 3 is 2.85 bits per heavy atom. The number of aromatic nitrogens is 3. The highest BCUT2D eigenvalue weighted by Gasteiger charge is 2.30. The van der Waals surface area contributed by atoms with Crippen LogP contribution in [0.5, 0.6) is 5.75 Å². The van der Waals surface area contributed by atoms with Crippen molar-refractivity contribution in [2.75, 3.05) is 18.5 Å². The Bertz CT molecular complexity index is 998. The van der Waals surface area contributed by atoms with Crippen LogP contribution in [0.3, 0.4) is 0 Å². The molecule has 138 valence electrons. The number of amides is 1. The van der Waals surface area contributed by atoms with Crippen molar-refractivity contribution >= 4 is 11.6 Å². The molecule has 7 nitrogen and oxygen atoms in total. The standard InChI is InChI=1S/C20H21N5O2/c1-13-6-5-7-14(10-13)25-20(22-19(23-25)11-18(21)26)17-12-24(2)15-8-3-4-9-16(15)27-17/h3-10,17H,11-12H2,1-2H3,(H2,21,26). The van der Waals surface area contributed by atoms with Gasteiger partial charge in [-0.25, -0.2) is 9.67 Å². The Kier molecular flexibility index (Phi) is 4.27. The fourth-order valence-electron chi connectivity index (χ4n) is 3.30. The van der Waals surface area contributed by atoms with Gasteiger partial charge in [-0.3, -0.25) is 4.79 Å². The highest BCUT2D eigenvalue weighted by molar-refractivity contribution is 5.75. The lowest BCUT2D eigenvalue weighted by molar-refractivity contribution is -0.117. The van der Waals surface area contributed by atoms with Crippen LogP contribution in [0.25, 0.3) is 5.69 Å². The number of hydrogen-bond acceptors (Lipinski definition) is 5. The molecule has 1 atom stereocenters. The molecule has 0 saturated heterocycles. The van der Waals surface area contributed by atoms with E-state index in [4.69, 9.17) is 10.5 Å². The molecule has 0 fully saturated rings. The van der Waals surface area contributed by atoms with E-state index in [1.165, 1.54) is 0 Å². The molecule has 27 heavy (non-hydrogen) atoms. The lowest BCUT2D eigenvalue weighted by Gasteiger charge is -2.33. The highest BCUT2D eigenvalue weighted by Crippen LogP contribution is 2.36. The average molecular weight is 363 g/mol. The van der Waals surface area contributed by atoms with E-state index >= 15 is 0 Å². The number of carbonyl (C=O) groups excluding carboxylic acids is 1. The van der Waals surface area contributed by atoms with Crippen LogP contribution >= 0.6 is 0 Å². The summed E-state index contributed by atoms with van der Waals surface area (Å²) in [7, 11) is 2.02. The Morgan fingerprint density at radius 2 is 2.07 bits per heavy atom. The zero-order chi connectivity index (χ0) is 19.0. The van der Waals surface area contributed by atoms with E-state index in [0.29, 0.717) is 18.2 Å². The first kappa shape index (κ1) is 17.1. The summed E-state index contributed by atoms with van der Waals surface area (Å²) in [6.07, 6.45) is -0.329. The zero-order valence-electron chi connectivity index (χ0n) is 15.3. The summed E-state index contributed by atoms with van der Waals surface area (Å²) in [5, 5.41) is 4.52. The van der Waals surface area contributed by atoms with Crippen LogP contribution in [-0.2, 0) is 11.2 Å². The van der Waals surface area contributed by atoms with E-state index in [2.05, 4.69) is 15.0 Å². The van der Waals surface area contributed by atoms with Gasteiger partial charge in [-0.15, -0.1) is 0 Å². The minimum absolute atomic E-state index is 0.00897. The lowest BCUT2D eigenvalue weighted by atomic mass is 10.2. The first-order chi connectivity index (χ1) is 13.0. The van der Waals surface area contributed by atoms with Crippen molar-refractivity contribution in [2.45, 2.75) is 19.4 Å². The Balaban J connectivity index is 1.77. The number of likely N-dealkylation sites (N-methyl/N-ethyl adjacent to an activating group) is 1. The second kappa shape index (κ2) is 6.75. The molecule has 0 bridgehead atoms. The maximum atomic E-state index is 11.4. The molecular formula is C20H21N5O2. The number of rotatable bonds is 4. The van der Waals surface area contributed by atoms with Crippen molar-refractivity contribution in [2.24, 2.45) is 5.73 Å². The molecule has 0 radical (unpaired) electrons. The molecule has 1 aliphatic rings. The maximum absolute atomic E-state index is 11.4. The summed E-state index contributed by atoms with van der Waals surface area (Å²) >= 11 is 0. The first-order valence-corrected chi connectivity index (χ1v) is 8.79. The third kappa shape index (κ3) is 3.36. The number of hydrogen-bond donors (Lipinski definition) is 1. The molecule has 2 aromatic carbocycles. The second-order valence-corrected chi connectivity index (χ2v) is 6.73. The van der Waals surface area contributed by atoms with E-state index in [9.17, 15) is 4.79 Å². The SMILES string of the molecule is Cc1cccc(-n2nc(CC(N)=O)nc2C2CN(C)c3ccccc3O2)c1. The van der Waals surface area contributed by atoms with Gasteiger partial charge in [-0.2, -0.15) is 5.10 Å². The second-order valence-electron chi connectivity index (χ2n) is 6.73. The van der Waals surface area contributed by atoms with Crippen LogP contribution in [0.4, 0.5) is 5.69 Å². The van der Waals surface area contributed by atoms with E-state index in [-0.39, 0.29) is 12.5 Å². The molecule has 0 aliphatic carbocycles. The van der Waals surface area contributed by atoms with E-state index in [0.717, 1.165) is 22.7 Å². The van der Waals surface area contributed by atoms with Gasteiger partial charge < -0.3 is 15.4 Å². The summed E-state index contributed by atoms with van der Waals surface area (Å²) in [5.74, 6) is 1.38. The van der Waals surface area contributed by atoms with Gasteiger partial charge in [0, 0.05) is 7.05 Å². The van der Waals surface area contributed by atoms with Crippen LogP contribution in [0.1, 0.15) is 23.3 Å². The number of para-hydroxylation sites is 2. The molecule has 1 unspecified atom stereocenters. The number of anilines is 1. The van der Waals surface area contributed by atoms with Crippen LogP contribution in [0.15, 0.2) is 48.5 Å². The fraction of sp³-hybridized carbons (Fsp3) is 0.250. The number of aryl methyl sites for hydroxylation is 1. The number of carbonyl (C=O) groups is 1. The van der Waals surface area contributed by atoms with Crippen molar-refractivity contribution in [3.63, 3.8) is 0 Å². The van der Waals surface area contributed by atoms with E-state index < -0.39 is 5.91 Å². The molecule has 0 saturated carbocycles. The summed E-state index contributed by atoms with van der Waals surface area (Å²) < 4.78 is 7.97. The molecule has 4 rings (SSSR count). The predicted octanol–water partition coefficient (Wildman–Crippen LogP) is 2.17. The predicted molar refractivity (Wildman–Crippen MR) is 102 cm³/mol. The zero-order valence-corrected chi connectivity index (χ0v) is 15.3. The van der Waals surface area contributed by atoms with Gasteiger partial charge in [0.25, 0.3) is 0 Å². The van der Waals surface area contributed by atoms with Gasteiger partial charge in [0.05, 0.1) is 24.3 Å². The molecule has 2 heterocycles. The number of ether oxygens (including phenoxy) is 1. The smallest absolute Gasteiger partial charge is 0.225 e. The molecule has 0 spiro atoms. The topological polar surface area (TPSA) is 86.3 Å². The summed E-state index contributed by atoms with van der Waals surface area (Å²) in [6, 6.07) is 15.9. The number of benzene rings is 2. The van der Waals surface area contributed by atoms with Gasteiger partial charge >= 0.3 is 0 Å². The summed E-state index contributed by atoms with van der Waals surface area (Å²) in [6.45, 7) is 2.64. The fourth-order valence-corrected chi connectivity index (χ4v) is 3.30. The summed E-state index contributed by atoms with van der Waals surface area (Å²) in [5.41, 5.74) is 8.36. The molecule has 2 N–H and O–H groups in total. The molecule has 7 heteroatoms. The van der Waals surface area contributed by atoms with Gasteiger partial charge in [0.15, 0.2) is 17.8 Å². The normalized spacial score (nSPS) is 15.9. The van der Waals surface area contributed by atoms with Crippen molar-refractivity contribution < 1.29 is 9.53 Å². The monoisotopic (exact) mass is 363 g/mol. The van der Waals surface area contributed by atoms with Crippen LogP contribution < -0.4 is 15.4 Å². The minimum atomic E-state index is -0.463. The average Bonchev–Trinajstić information content (AvgIpc) is 3.05. The number of fused-ring (bicyclic) bond motifs is 1. The van der Waals surface area contributed by atoms with Gasteiger partial charge in [0.2, 0.25) is 5.91 Å².